The standard InChI is InChI=1S/C17H30O2.C16H14.C15H26O2.C2H6/c1-3-5-7-9-10-11-12-13-15-17(18)19-16-14-8-6-4-2;1-2-9-16(14-10-5-3-6-11-14)15-12-7-4-8-13-15;16-15-13-11-9-7-5-3-1-2-4-6-8-10-12-14-17-15;1-2/h3-4H,1-2,5-16H2;2-13H,1H2;4,6H,1-3,5,7-14H2;1-2H3. The number of carbonyl (C=O) groups is 2. The Morgan fingerprint density at radius 1 is 0.648 bits per heavy atom. The molecule has 2 aromatic carbocycles. The van der Waals surface area contributed by atoms with Crippen molar-refractivity contribution in [2.45, 2.75) is 155 Å². The summed E-state index contributed by atoms with van der Waals surface area (Å²) < 4.78 is 10.3. The molecule has 0 fully saturated rings. The molecule has 1 heterocycles. The molecule has 2 aromatic rings. The van der Waals surface area contributed by atoms with Crippen molar-refractivity contribution >= 4 is 17.5 Å². The van der Waals surface area contributed by atoms with Gasteiger partial charge in [0.05, 0.1) is 13.2 Å². The Morgan fingerprint density at radius 3 is 1.72 bits per heavy atom. The van der Waals surface area contributed by atoms with E-state index in [9.17, 15) is 9.59 Å². The second-order valence-corrected chi connectivity index (χ2v) is 13.3. The zero-order chi connectivity index (χ0) is 39.6. The second-order valence-electron chi connectivity index (χ2n) is 13.3. The molecule has 0 aliphatic carbocycles. The smallest absolute Gasteiger partial charge is 0.305 e. The number of cyclic esters (lactones) is 1. The first-order valence-electron chi connectivity index (χ1n) is 21.2. The topological polar surface area (TPSA) is 52.6 Å². The van der Waals surface area contributed by atoms with Crippen LogP contribution in [-0.4, -0.2) is 25.2 Å². The Hall–Kier alpha value is -3.92. The van der Waals surface area contributed by atoms with Gasteiger partial charge < -0.3 is 9.47 Å². The van der Waals surface area contributed by atoms with E-state index in [0.717, 1.165) is 64.2 Å². The monoisotopic (exact) mass is 741 g/mol. The van der Waals surface area contributed by atoms with Gasteiger partial charge in [-0.25, -0.2) is 0 Å². The lowest BCUT2D eigenvalue weighted by Crippen LogP contribution is -2.05. The zero-order valence-corrected chi connectivity index (χ0v) is 34.5. The van der Waals surface area contributed by atoms with Crippen LogP contribution >= 0.6 is 0 Å². The summed E-state index contributed by atoms with van der Waals surface area (Å²) in [6.07, 6.45) is 36.6. The van der Waals surface area contributed by atoms with Crippen LogP contribution in [0.3, 0.4) is 0 Å². The Morgan fingerprint density at radius 2 is 1.15 bits per heavy atom. The molecule has 0 unspecified atom stereocenters. The second kappa shape index (κ2) is 40.3. The van der Waals surface area contributed by atoms with E-state index in [-0.39, 0.29) is 11.9 Å². The number of esters is 2. The minimum atomic E-state index is -0.0368. The molecule has 4 heteroatoms. The summed E-state index contributed by atoms with van der Waals surface area (Å²) in [4.78, 5) is 22.7. The molecule has 300 valence electrons. The number of unbranched alkanes of at least 4 members (excludes halogenated alkanes) is 8. The fraction of sp³-hybridized carbons (Fsp3) is 0.520. The van der Waals surface area contributed by atoms with Gasteiger partial charge in [0, 0.05) is 12.8 Å². The molecule has 0 bridgehead atoms. The molecule has 0 aromatic heterocycles. The van der Waals surface area contributed by atoms with Crippen LogP contribution in [0.4, 0.5) is 0 Å². The van der Waals surface area contributed by atoms with Gasteiger partial charge in [0.2, 0.25) is 0 Å². The van der Waals surface area contributed by atoms with Crippen molar-refractivity contribution in [1.82, 2.24) is 0 Å². The van der Waals surface area contributed by atoms with Crippen LogP contribution in [0, 0.1) is 0 Å². The third-order valence-electron chi connectivity index (χ3n) is 8.76. The number of hydrogen-bond donors (Lipinski definition) is 0. The van der Waals surface area contributed by atoms with Crippen molar-refractivity contribution in [2.24, 2.45) is 0 Å². The minimum Gasteiger partial charge on any atom is -0.466 e. The van der Waals surface area contributed by atoms with E-state index >= 15 is 0 Å². The number of ether oxygens (including phenoxy) is 2. The Labute approximate surface area is 331 Å². The van der Waals surface area contributed by atoms with E-state index in [0.29, 0.717) is 26.1 Å². The molecule has 3 rings (SSSR count). The minimum absolute atomic E-state index is 0.00682. The molecule has 0 N–H and O–H groups in total. The molecule has 1 aliphatic heterocycles. The lowest BCUT2D eigenvalue weighted by atomic mass is 9.98. The van der Waals surface area contributed by atoms with Gasteiger partial charge in [-0.15, -0.1) is 13.2 Å². The van der Waals surface area contributed by atoms with E-state index in [1.165, 1.54) is 80.9 Å². The van der Waals surface area contributed by atoms with E-state index in [4.69, 9.17) is 9.47 Å². The van der Waals surface area contributed by atoms with Gasteiger partial charge in [0.25, 0.3) is 0 Å². The first-order chi connectivity index (χ1) is 26.6. The Balaban J connectivity index is 0.000000763. The molecule has 0 spiro atoms. The first kappa shape index (κ1) is 50.1. The fourth-order valence-corrected chi connectivity index (χ4v) is 5.72. The largest absolute Gasteiger partial charge is 0.466 e. The van der Waals surface area contributed by atoms with Gasteiger partial charge in [-0.3, -0.25) is 9.59 Å². The first-order valence-corrected chi connectivity index (χ1v) is 21.2. The molecule has 1 aliphatic rings. The van der Waals surface area contributed by atoms with Gasteiger partial charge in [-0.2, -0.15) is 0 Å². The Kier molecular flexibility index (Phi) is 37.3. The van der Waals surface area contributed by atoms with Crippen LogP contribution < -0.4 is 0 Å². The highest BCUT2D eigenvalue weighted by Crippen LogP contribution is 2.23. The van der Waals surface area contributed by atoms with Crippen LogP contribution in [-0.2, 0) is 19.1 Å². The molecule has 4 nitrogen and oxygen atoms in total. The molecule has 54 heavy (non-hydrogen) atoms. The SMILES string of the molecule is C=CC=C(c1ccccc1)c1ccccc1.C=CCCCCCCCCC(=O)OCCCCC=C.CC.O=C1CCCCCCCCC=CCCCCO1. The summed E-state index contributed by atoms with van der Waals surface area (Å²) in [5.41, 5.74) is 3.64. The molecular weight excluding hydrogens is 665 g/mol. The number of benzene rings is 2. The van der Waals surface area contributed by atoms with Crippen LogP contribution in [0.2, 0.25) is 0 Å². The number of carbonyl (C=O) groups excluding carboxylic acids is 2. The lowest BCUT2D eigenvalue weighted by molar-refractivity contribution is -0.144. The number of allylic oxidation sites excluding steroid dienone is 6. The quantitative estimate of drug-likeness (QED) is 0.0701. The summed E-state index contributed by atoms with van der Waals surface area (Å²) in [6.45, 7) is 16.3. The van der Waals surface area contributed by atoms with Gasteiger partial charge >= 0.3 is 11.9 Å². The van der Waals surface area contributed by atoms with Gasteiger partial charge in [0.1, 0.15) is 0 Å². The summed E-state index contributed by atoms with van der Waals surface area (Å²) in [5.74, 6) is -0.0436. The molecular formula is C50H76O4. The highest BCUT2D eigenvalue weighted by atomic mass is 16.5. The van der Waals surface area contributed by atoms with Crippen LogP contribution in [0.25, 0.3) is 5.57 Å². The normalized spacial score (nSPS) is 13.4. The van der Waals surface area contributed by atoms with Crippen molar-refractivity contribution in [3.63, 3.8) is 0 Å². The predicted molar refractivity (Wildman–Crippen MR) is 235 cm³/mol. The predicted octanol–water partition coefficient (Wildman–Crippen LogP) is 14.9. The maximum absolute atomic E-state index is 11.4. The Bertz CT molecular complexity index is 1190. The fourth-order valence-electron chi connectivity index (χ4n) is 5.72. The molecule has 0 radical (unpaired) electrons. The van der Waals surface area contributed by atoms with Crippen molar-refractivity contribution in [1.29, 1.82) is 0 Å². The summed E-state index contributed by atoms with van der Waals surface area (Å²) >= 11 is 0. The molecule has 0 saturated carbocycles. The summed E-state index contributed by atoms with van der Waals surface area (Å²) in [5, 5.41) is 0. The third kappa shape index (κ3) is 31.6. The summed E-state index contributed by atoms with van der Waals surface area (Å²) in [6, 6.07) is 20.7. The van der Waals surface area contributed by atoms with Crippen LogP contribution in [0.5, 0.6) is 0 Å². The van der Waals surface area contributed by atoms with Crippen molar-refractivity contribution < 1.29 is 19.1 Å². The highest BCUT2D eigenvalue weighted by molar-refractivity contribution is 5.80. The van der Waals surface area contributed by atoms with Crippen LogP contribution in [0.1, 0.15) is 166 Å². The van der Waals surface area contributed by atoms with Gasteiger partial charge in [-0.1, -0.05) is 169 Å². The third-order valence-corrected chi connectivity index (χ3v) is 8.76. The average molecular weight is 741 g/mol. The van der Waals surface area contributed by atoms with Crippen LogP contribution in [0.15, 0.2) is 117 Å². The highest BCUT2D eigenvalue weighted by Gasteiger charge is 2.04. The molecule has 0 atom stereocenters. The van der Waals surface area contributed by atoms with Crippen molar-refractivity contribution in [2.75, 3.05) is 13.2 Å². The average Bonchev–Trinajstić information content (AvgIpc) is 3.21. The van der Waals surface area contributed by atoms with E-state index < -0.39 is 0 Å². The maximum Gasteiger partial charge on any atom is 0.305 e. The van der Waals surface area contributed by atoms with Gasteiger partial charge in [0.15, 0.2) is 0 Å². The van der Waals surface area contributed by atoms with Crippen molar-refractivity contribution in [3.05, 3.63) is 128 Å². The lowest BCUT2D eigenvalue weighted by Gasteiger charge is -2.07. The van der Waals surface area contributed by atoms with Gasteiger partial charge in [-0.05, 0) is 93.7 Å². The zero-order valence-electron chi connectivity index (χ0n) is 34.5. The van der Waals surface area contributed by atoms with E-state index in [1.807, 2.05) is 50.3 Å². The van der Waals surface area contributed by atoms with E-state index in [1.54, 1.807) is 0 Å². The molecule has 0 amide bonds. The number of hydrogen-bond acceptors (Lipinski definition) is 4. The number of rotatable bonds is 17. The van der Waals surface area contributed by atoms with Crippen molar-refractivity contribution in [3.8, 4) is 0 Å². The molecule has 0 saturated heterocycles. The maximum atomic E-state index is 11.4. The summed E-state index contributed by atoms with van der Waals surface area (Å²) in [7, 11) is 0. The van der Waals surface area contributed by atoms with E-state index in [2.05, 4.69) is 80.4 Å².